The number of hydrogen-bond donors (Lipinski definition) is 2. The van der Waals surface area contributed by atoms with Crippen molar-refractivity contribution in [2.24, 2.45) is 4.99 Å². The summed E-state index contributed by atoms with van der Waals surface area (Å²) in [6.45, 7) is 0.0430. The molecule has 0 radical (unpaired) electrons. The van der Waals surface area contributed by atoms with E-state index in [1.165, 1.54) is 18.8 Å². The molecule has 0 saturated carbocycles. The van der Waals surface area contributed by atoms with Gasteiger partial charge in [-0.05, 0) is 6.26 Å². The number of carbonyl (C=O) groups excluding carboxylic acids is 1. The number of aliphatic imine (C=N–C) groups is 1. The fourth-order valence-corrected chi connectivity index (χ4v) is 0.767. The number of carbonyl (C=O) groups is 1. The standard InChI is InChI=1S/C6H10N4OS/c1-8-5(11)3-9-6(12-2)10-4-7/h3H2,1-2H3,(H,8,11)(H,9,10). The quantitative estimate of drug-likeness (QED) is 0.264. The van der Waals surface area contributed by atoms with E-state index in [0.717, 1.165) is 0 Å². The Kier molecular flexibility index (Phi) is 5.83. The van der Waals surface area contributed by atoms with Gasteiger partial charge in [0.05, 0.1) is 0 Å². The van der Waals surface area contributed by atoms with Gasteiger partial charge in [-0.25, -0.2) is 0 Å². The van der Waals surface area contributed by atoms with Crippen LogP contribution in [0.25, 0.3) is 0 Å². The number of amides is 1. The molecule has 5 nitrogen and oxygen atoms in total. The SMILES string of the molecule is CNC(=O)CN=C(NC#N)SC. The highest BCUT2D eigenvalue weighted by atomic mass is 32.2. The Morgan fingerprint density at radius 2 is 2.42 bits per heavy atom. The molecule has 0 aromatic heterocycles. The van der Waals surface area contributed by atoms with Crippen LogP contribution in [-0.4, -0.2) is 30.9 Å². The smallest absolute Gasteiger partial charge is 0.241 e. The van der Waals surface area contributed by atoms with Gasteiger partial charge in [0, 0.05) is 7.05 Å². The molecule has 12 heavy (non-hydrogen) atoms. The summed E-state index contributed by atoms with van der Waals surface area (Å²) < 4.78 is 0. The number of nitrogens with zero attached hydrogens (tertiary/aromatic N) is 2. The molecule has 0 atom stereocenters. The second-order valence-electron chi connectivity index (χ2n) is 1.74. The van der Waals surface area contributed by atoms with Crippen molar-refractivity contribution in [1.29, 1.82) is 5.26 Å². The second kappa shape index (κ2) is 6.49. The monoisotopic (exact) mass is 186 g/mol. The summed E-state index contributed by atoms with van der Waals surface area (Å²) in [6, 6.07) is 0. The van der Waals surface area contributed by atoms with E-state index in [4.69, 9.17) is 5.26 Å². The molecule has 0 aliphatic heterocycles. The van der Waals surface area contributed by atoms with Gasteiger partial charge in [0.15, 0.2) is 11.4 Å². The number of nitrogens with one attached hydrogen (secondary N) is 2. The zero-order chi connectivity index (χ0) is 9.40. The summed E-state index contributed by atoms with van der Waals surface area (Å²) in [5, 5.41) is 13.5. The lowest BCUT2D eigenvalue weighted by Crippen LogP contribution is -2.23. The van der Waals surface area contributed by atoms with E-state index in [-0.39, 0.29) is 12.5 Å². The molecule has 0 rings (SSSR count). The van der Waals surface area contributed by atoms with Crippen LogP contribution in [0.1, 0.15) is 0 Å². The normalized spacial score (nSPS) is 10.2. The average molecular weight is 186 g/mol. The minimum Gasteiger partial charge on any atom is -0.358 e. The van der Waals surface area contributed by atoms with Gasteiger partial charge in [-0.15, -0.1) is 0 Å². The summed E-state index contributed by atoms with van der Waals surface area (Å²) in [5.41, 5.74) is 0. The third-order valence-electron chi connectivity index (χ3n) is 1.00. The predicted molar refractivity (Wildman–Crippen MR) is 48.6 cm³/mol. The first-order valence-electron chi connectivity index (χ1n) is 3.18. The van der Waals surface area contributed by atoms with Crippen LogP contribution >= 0.6 is 11.8 Å². The number of hydrogen-bond acceptors (Lipinski definition) is 4. The second-order valence-corrected chi connectivity index (χ2v) is 2.53. The van der Waals surface area contributed by atoms with Crippen molar-refractivity contribution in [3.63, 3.8) is 0 Å². The fraction of sp³-hybridized carbons (Fsp3) is 0.500. The van der Waals surface area contributed by atoms with Gasteiger partial charge in [-0.3, -0.25) is 15.1 Å². The molecule has 0 fully saturated rings. The third-order valence-corrected chi connectivity index (χ3v) is 1.62. The Morgan fingerprint density at radius 1 is 1.75 bits per heavy atom. The Bertz CT molecular complexity index is 220. The minimum absolute atomic E-state index is 0.0430. The van der Waals surface area contributed by atoms with Gasteiger partial charge >= 0.3 is 0 Å². The molecule has 6 heteroatoms. The fourth-order valence-electron chi connectivity index (χ4n) is 0.426. The zero-order valence-electron chi connectivity index (χ0n) is 6.92. The number of rotatable bonds is 2. The predicted octanol–water partition coefficient (Wildman–Crippen LogP) is -0.478. The minimum atomic E-state index is -0.179. The first kappa shape index (κ1) is 10.8. The molecule has 0 aromatic rings. The first-order valence-corrected chi connectivity index (χ1v) is 4.41. The van der Waals surface area contributed by atoms with Crippen molar-refractivity contribution >= 4 is 22.8 Å². The highest BCUT2D eigenvalue weighted by Gasteiger charge is 1.97. The maximum Gasteiger partial charge on any atom is 0.241 e. The van der Waals surface area contributed by atoms with Gasteiger partial charge in [-0.1, -0.05) is 11.8 Å². The van der Waals surface area contributed by atoms with Crippen molar-refractivity contribution in [1.82, 2.24) is 10.6 Å². The largest absolute Gasteiger partial charge is 0.358 e. The maximum absolute atomic E-state index is 10.7. The first-order chi connectivity index (χ1) is 5.74. The lowest BCUT2D eigenvalue weighted by Gasteiger charge is -1.98. The molecule has 0 spiro atoms. The highest BCUT2D eigenvalue weighted by molar-refractivity contribution is 8.13. The molecule has 0 heterocycles. The Labute approximate surface area is 75.2 Å². The van der Waals surface area contributed by atoms with Crippen LogP contribution < -0.4 is 10.6 Å². The van der Waals surface area contributed by atoms with Crippen molar-refractivity contribution in [3.05, 3.63) is 0 Å². The van der Waals surface area contributed by atoms with Gasteiger partial charge in [0.25, 0.3) is 0 Å². The van der Waals surface area contributed by atoms with Gasteiger partial charge in [0.1, 0.15) is 6.54 Å². The highest BCUT2D eigenvalue weighted by Crippen LogP contribution is 1.93. The molecular weight excluding hydrogens is 176 g/mol. The Balaban J connectivity index is 3.95. The molecule has 66 valence electrons. The van der Waals surface area contributed by atoms with E-state index in [2.05, 4.69) is 15.6 Å². The van der Waals surface area contributed by atoms with Crippen LogP contribution in [0.2, 0.25) is 0 Å². The molecule has 0 aliphatic rings. The van der Waals surface area contributed by atoms with E-state index in [1.807, 2.05) is 0 Å². The zero-order valence-corrected chi connectivity index (χ0v) is 7.73. The van der Waals surface area contributed by atoms with E-state index < -0.39 is 0 Å². The summed E-state index contributed by atoms with van der Waals surface area (Å²) in [5.74, 6) is -0.179. The molecule has 0 bridgehead atoms. The number of nitriles is 1. The lowest BCUT2D eigenvalue weighted by molar-refractivity contribution is -0.119. The van der Waals surface area contributed by atoms with E-state index in [0.29, 0.717) is 5.17 Å². The van der Waals surface area contributed by atoms with Crippen molar-refractivity contribution in [2.75, 3.05) is 19.8 Å². The molecule has 0 aromatic carbocycles. The number of likely N-dealkylation sites (N-methyl/N-ethyl adjacent to an activating group) is 1. The van der Waals surface area contributed by atoms with Crippen LogP contribution in [0.15, 0.2) is 4.99 Å². The van der Waals surface area contributed by atoms with Crippen molar-refractivity contribution in [3.8, 4) is 6.19 Å². The van der Waals surface area contributed by atoms with Crippen molar-refractivity contribution in [2.45, 2.75) is 0 Å². The molecule has 0 saturated heterocycles. The molecule has 0 aliphatic carbocycles. The summed E-state index contributed by atoms with van der Waals surface area (Å²) in [7, 11) is 1.54. The summed E-state index contributed by atoms with van der Waals surface area (Å²) >= 11 is 1.28. The molecular formula is C6H10N4OS. The molecule has 1 amide bonds. The maximum atomic E-state index is 10.7. The molecule has 2 N–H and O–H groups in total. The third kappa shape index (κ3) is 4.57. The van der Waals surface area contributed by atoms with Gasteiger partial charge in [0.2, 0.25) is 5.91 Å². The van der Waals surface area contributed by atoms with Gasteiger partial charge in [-0.2, -0.15) is 5.26 Å². The van der Waals surface area contributed by atoms with Crippen LogP contribution in [-0.2, 0) is 4.79 Å². The average Bonchev–Trinajstić information content (AvgIpc) is 2.11. The van der Waals surface area contributed by atoms with Crippen LogP contribution in [0.3, 0.4) is 0 Å². The topological polar surface area (TPSA) is 77.3 Å². The summed E-state index contributed by atoms with van der Waals surface area (Å²) in [6.07, 6.45) is 3.50. The summed E-state index contributed by atoms with van der Waals surface area (Å²) in [4.78, 5) is 14.5. The number of amidine groups is 1. The van der Waals surface area contributed by atoms with Crippen LogP contribution in [0.4, 0.5) is 0 Å². The van der Waals surface area contributed by atoms with E-state index in [9.17, 15) is 4.79 Å². The van der Waals surface area contributed by atoms with E-state index in [1.54, 1.807) is 12.4 Å². The Hall–Kier alpha value is -1.22. The van der Waals surface area contributed by atoms with Gasteiger partial charge < -0.3 is 5.32 Å². The molecule has 0 unspecified atom stereocenters. The van der Waals surface area contributed by atoms with E-state index >= 15 is 0 Å². The van der Waals surface area contributed by atoms with Crippen LogP contribution in [0.5, 0.6) is 0 Å². The lowest BCUT2D eigenvalue weighted by atomic mass is 10.6. The van der Waals surface area contributed by atoms with Crippen LogP contribution in [0, 0.1) is 11.5 Å². The Morgan fingerprint density at radius 3 is 2.83 bits per heavy atom. The number of thioether (sulfide) groups is 1. The van der Waals surface area contributed by atoms with Crippen molar-refractivity contribution < 1.29 is 4.79 Å².